The van der Waals surface area contributed by atoms with Gasteiger partial charge in [0.25, 0.3) is 0 Å². The molecule has 2 amide bonds. The molecule has 0 radical (unpaired) electrons. The number of anilines is 1. The molecule has 0 aliphatic heterocycles. The molecule has 5 nitrogen and oxygen atoms in total. The molecule has 1 aliphatic carbocycles. The zero-order valence-corrected chi connectivity index (χ0v) is 10.0. The Bertz CT molecular complexity index is 368. The fourth-order valence-corrected chi connectivity index (χ4v) is 2.22. The van der Waals surface area contributed by atoms with E-state index in [1.54, 1.807) is 12.4 Å². The molecule has 0 bridgehead atoms. The number of hydrogen-bond acceptors (Lipinski definition) is 3. The Morgan fingerprint density at radius 1 is 1.35 bits per heavy atom. The molecule has 2 atom stereocenters. The van der Waals surface area contributed by atoms with Gasteiger partial charge in [-0.05, 0) is 18.8 Å². The predicted octanol–water partition coefficient (Wildman–Crippen LogP) is 2.18. The third kappa shape index (κ3) is 3.41. The largest absolute Gasteiger partial charge is 0.335 e. The highest BCUT2D eigenvalue weighted by Gasteiger charge is 2.22. The summed E-state index contributed by atoms with van der Waals surface area (Å²) in [5.74, 6) is 1.03. The number of nitrogens with one attached hydrogen (secondary N) is 2. The number of urea groups is 1. The summed E-state index contributed by atoms with van der Waals surface area (Å²) in [5, 5.41) is 5.69. The van der Waals surface area contributed by atoms with Gasteiger partial charge in [0.2, 0.25) is 0 Å². The van der Waals surface area contributed by atoms with Gasteiger partial charge in [0.1, 0.15) is 0 Å². The maximum atomic E-state index is 11.7. The number of amides is 2. The molecule has 17 heavy (non-hydrogen) atoms. The van der Waals surface area contributed by atoms with Crippen LogP contribution in [0.3, 0.4) is 0 Å². The molecule has 2 N–H and O–H groups in total. The van der Waals surface area contributed by atoms with Crippen LogP contribution in [0, 0.1) is 5.92 Å². The van der Waals surface area contributed by atoms with Crippen LogP contribution in [0.15, 0.2) is 18.6 Å². The van der Waals surface area contributed by atoms with Gasteiger partial charge in [-0.15, -0.1) is 0 Å². The smallest absolute Gasteiger partial charge is 0.320 e. The minimum atomic E-state index is -0.191. The maximum Gasteiger partial charge on any atom is 0.320 e. The Labute approximate surface area is 101 Å². The van der Waals surface area contributed by atoms with Crippen molar-refractivity contribution in [2.45, 2.75) is 38.6 Å². The lowest BCUT2D eigenvalue weighted by atomic mass is 9.86. The van der Waals surface area contributed by atoms with E-state index in [-0.39, 0.29) is 12.1 Å². The molecule has 1 saturated carbocycles. The summed E-state index contributed by atoms with van der Waals surface area (Å²) in [4.78, 5) is 19.6. The van der Waals surface area contributed by atoms with E-state index in [4.69, 9.17) is 0 Å². The van der Waals surface area contributed by atoms with Crippen LogP contribution < -0.4 is 10.6 Å². The summed E-state index contributed by atoms with van der Waals surface area (Å²) in [5.41, 5.74) is 0. The summed E-state index contributed by atoms with van der Waals surface area (Å²) in [7, 11) is 0. The van der Waals surface area contributed by atoms with E-state index in [1.807, 2.05) is 0 Å². The van der Waals surface area contributed by atoms with Crippen molar-refractivity contribution in [3.05, 3.63) is 18.6 Å². The topological polar surface area (TPSA) is 66.9 Å². The van der Waals surface area contributed by atoms with Crippen LogP contribution in [-0.2, 0) is 0 Å². The van der Waals surface area contributed by atoms with Crippen LogP contribution in [0.1, 0.15) is 32.6 Å². The molecule has 0 saturated heterocycles. The van der Waals surface area contributed by atoms with E-state index in [2.05, 4.69) is 27.5 Å². The van der Waals surface area contributed by atoms with Crippen molar-refractivity contribution in [2.24, 2.45) is 5.92 Å². The molecular formula is C12H18N4O. The van der Waals surface area contributed by atoms with Gasteiger partial charge in [-0.1, -0.05) is 19.8 Å². The van der Waals surface area contributed by atoms with Crippen LogP contribution in [0.2, 0.25) is 0 Å². The molecule has 5 heteroatoms. The number of hydrogen-bond donors (Lipinski definition) is 2. The Morgan fingerprint density at radius 2 is 2.18 bits per heavy atom. The third-order valence-corrected chi connectivity index (χ3v) is 3.23. The van der Waals surface area contributed by atoms with Crippen LogP contribution in [0.5, 0.6) is 0 Å². The molecular weight excluding hydrogens is 216 g/mol. The second-order valence-electron chi connectivity index (χ2n) is 4.56. The normalized spacial score (nSPS) is 24.1. The van der Waals surface area contributed by atoms with Crippen molar-refractivity contribution in [1.82, 2.24) is 15.3 Å². The number of carbonyl (C=O) groups is 1. The monoisotopic (exact) mass is 234 g/mol. The van der Waals surface area contributed by atoms with Crippen molar-refractivity contribution in [1.29, 1.82) is 0 Å². The number of aromatic nitrogens is 2. The molecule has 0 aromatic carbocycles. The van der Waals surface area contributed by atoms with E-state index >= 15 is 0 Å². The average molecular weight is 234 g/mol. The van der Waals surface area contributed by atoms with Crippen molar-refractivity contribution in [3.8, 4) is 0 Å². The van der Waals surface area contributed by atoms with Crippen molar-refractivity contribution >= 4 is 11.8 Å². The lowest BCUT2D eigenvalue weighted by Crippen LogP contribution is -2.43. The fraction of sp³-hybridized carbons (Fsp3) is 0.583. The predicted molar refractivity (Wildman–Crippen MR) is 65.6 cm³/mol. The quantitative estimate of drug-likeness (QED) is 0.824. The van der Waals surface area contributed by atoms with Gasteiger partial charge in [0.15, 0.2) is 5.82 Å². The van der Waals surface area contributed by atoms with Crippen LogP contribution in [0.4, 0.5) is 10.6 Å². The standard InChI is InChI=1S/C12H18N4O/c1-9-4-2-3-5-10(9)15-12(17)16-11-8-13-6-7-14-11/h6-10H,2-5H2,1H3,(H2,14,15,16,17). The average Bonchev–Trinajstić information content (AvgIpc) is 2.33. The van der Waals surface area contributed by atoms with E-state index in [0.29, 0.717) is 11.7 Å². The van der Waals surface area contributed by atoms with E-state index in [9.17, 15) is 4.79 Å². The highest BCUT2D eigenvalue weighted by molar-refractivity contribution is 5.88. The SMILES string of the molecule is CC1CCCCC1NC(=O)Nc1cnccn1. The second-order valence-corrected chi connectivity index (χ2v) is 4.56. The lowest BCUT2D eigenvalue weighted by Gasteiger charge is -2.29. The minimum Gasteiger partial charge on any atom is -0.335 e. The summed E-state index contributed by atoms with van der Waals surface area (Å²) in [6.45, 7) is 2.19. The third-order valence-electron chi connectivity index (χ3n) is 3.23. The molecule has 0 spiro atoms. The molecule has 2 unspecified atom stereocenters. The van der Waals surface area contributed by atoms with Gasteiger partial charge in [-0.3, -0.25) is 10.3 Å². The minimum absolute atomic E-state index is 0.191. The molecule has 1 aromatic heterocycles. The van der Waals surface area contributed by atoms with Gasteiger partial charge >= 0.3 is 6.03 Å². The fourth-order valence-electron chi connectivity index (χ4n) is 2.22. The number of nitrogens with zero attached hydrogens (tertiary/aromatic N) is 2. The Balaban J connectivity index is 1.84. The van der Waals surface area contributed by atoms with E-state index in [1.165, 1.54) is 25.5 Å². The molecule has 1 aliphatic rings. The first-order valence-electron chi connectivity index (χ1n) is 6.09. The van der Waals surface area contributed by atoms with Gasteiger partial charge in [0.05, 0.1) is 6.20 Å². The maximum absolute atomic E-state index is 11.7. The summed E-state index contributed by atoms with van der Waals surface area (Å²) < 4.78 is 0. The van der Waals surface area contributed by atoms with E-state index in [0.717, 1.165) is 6.42 Å². The lowest BCUT2D eigenvalue weighted by molar-refractivity contribution is 0.232. The van der Waals surface area contributed by atoms with Gasteiger partial charge in [0, 0.05) is 18.4 Å². The van der Waals surface area contributed by atoms with Crippen LogP contribution in [0.25, 0.3) is 0 Å². The summed E-state index contributed by atoms with van der Waals surface area (Å²) >= 11 is 0. The molecule has 92 valence electrons. The van der Waals surface area contributed by atoms with Gasteiger partial charge < -0.3 is 5.32 Å². The highest BCUT2D eigenvalue weighted by Crippen LogP contribution is 2.23. The molecule has 2 rings (SSSR count). The number of carbonyl (C=O) groups excluding carboxylic acids is 1. The first-order valence-corrected chi connectivity index (χ1v) is 6.09. The Hall–Kier alpha value is -1.65. The Kier molecular flexibility index (Phi) is 3.90. The van der Waals surface area contributed by atoms with Crippen molar-refractivity contribution < 1.29 is 4.79 Å². The van der Waals surface area contributed by atoms with Gasteiger partial charge in [-0.25, -0.2) is 9.78 Å². The van der Waals surface area contributed by atoms with Crippen molar-refractivity contribution in [3.63, 3.8) is 0 Å². The zero-order chi connectivity index (χ0) is 12.1. The van der Waals surface area contributed by atoms with Crippen LogP contribution >= 0.6 is 0 Å². The van der Waals surface area contributed by atoms with E-state index < -0.39 is 0 Å². The Morgan fingerprint density at radius 3 is 2.88 bits per heavy atom. The van der Waals surface area contributed by atoms with Crippen molar-refractivity contribution in [2.75, 3.05) is 5.32 Å². The molecule has 1 aromatic rings. The second kappa shape index (κ2) is 5.61. The summed E-state index contributed by atoms with van der Waals surface area (Å²) in [6.07, 6.45) is 9.38. The summed E-state index contributed by atoms with van der Waals surface area (Å²) in [6, 6.07) is 0.0877. The zero-order valence-electron chi connectivity index (χ0n) is 10.0. The first kappa shape index (κ1) is 11.8. The van der Waals surface area contributed by atoms with Gasteiger partial charge in [-0.2, -0.15) is 0 Å². The first-order chi connectivity index (χ1) is 8.25. The number of rotatable bonds is 2. The molecule has 1 fully saturated rings. The highest BCUT2D eigenvalue weighted by atomic mass is 16.2. The van der Waals surface area contributed by atoms with Crippen LogP contribution in [-0.4, -0.2) is 22.0 Å². The molecule has 1 heterocycles.